The minimum atomic E-state index is -0.394. The molecule has 0 aliphatic heterocycles. The van der Waals surface area contributed by atoms with Crippen molar-refractivity contribution in [2.24, 2.45) is 24.1 Å². The summed E-state index contributed by atoms with van der Waals surface area (Å²) in [4.78, 5) is 12.6. The van der Waals surface area contributed by atoms with Crippen molar-refractivity contribution in [1.29, 1.82) is 0 Å². The number of nitrogens with two attached hydrogens (primary N) is 1. The fourth-order valence-corrected chi connectivity index (χ4v) is 2.82. The highest BCUT2D eigenvalue weighted by molar-refractivity contribution is 5.95. The normalized spacial score (nSPS) is 27.3. The number of hydrogen-bond donors (Lipinski definition) is 2. The first-order chi connectivity index (χ1) is 8.97. The topological polar surface area (TPSA) is 72.9 Å². The largest absolute Gasteiger partial charge is 0.329 e. The zero-order chi connectivity index (χ0) is 14.0. The summed E-state index contributed by atoms with van der Waals surface area (Å²) in [5, 5.41) is 7.25. The summed E-state index contributed by atoms with van der Waals surface area (Å²) in [6.45, 7) is 4.56. The third-order valence-corrected chi connectivity index (χ3v) is 4.37. The molecule has 0 atom stereocenters. The highest BCUT2D eigenvalue weighted by Crippen LogP contribution is 2.39. The Balaban J connectivity index is 2.11. The summed E-state index contributed by atoms with van der Waals surface area (Å²) in [5.74, 6) is 0.755. The van der Waals surface area contributed by atoms with E-state index in [-0.39, 0.29) is 5.91 Å². The van der Waals surface area contributed by atoms with Crippen molar-refractivity contribution in [2.45, 2.75) is 39.5 Å². The van der Waals surface area contributed by atoms with Crippen LogP contribution in [-0.4, -0.2) is 22.2 Å². The second-order valence-electron chi connectivity index (χ2n) is 5.92. The summed E-state index contributed by atoms with van der Waals surface area (Å²) < 4.78 is 1.71. The number of nitrogens with one attached hydrogen (secondary N) is 1. The van der Waals surface area contributed by atoms with Gasteiger partial charge in [0.2, 0.25) is 5.91 Å². The molecule has 1 aromatic heterocycles. The molecule has 1 fully saturated rings. The van der Waals surface area contributed by atoms with Gasteiger partial charge in [0.15, 0.2) is 0 Å². The Morgan fingerprint density at radius 1 is 1.58 bits per heavy atom. The van der Waals surface area contributed by atoms with E-state index in [1.165, 1.54) is 0 Å². The highest BCUT2D eigenvalue weighted by Gasteiger charge is 2.40. The molecule has 2 rings (SSSR count). The minimum Gasteiger partial charge on any atom is -0.329 e. The summed E-state index contributed by atoms with van der Waals surface area (Å²) >= 11 is 0. The Kier molecular flexibility index (Phi) is 3.94. The van der Waals surface area contributed by atoms with Gasteiger partial charge in [-0.1, -0.05) is 6.92 Å². The fraction of sp³-hybridized carbons (Fsp3) is 0.714. The molecule has 0 spiro atoms. The van der Waals surface area contributed by atoms with E-state index in [2.05, 4.69) is 17.3 Å². The number of carbonyl (C=O) groups excluding carboxylic acids is 1. The predicted octanol–water partition coefficient (Wildman–Crippen LogP) is 1.82. The smallest absolute Gasteiger partial charge is 0.231 e. The molecule has 0 unspecified atom stereocenters. The van der Waals surface area contributed by atoms with Gasteiger partial charge >= 0.3 is 0 Å². The summed E-state index contributed by atoms with van der Waals surface area (Å²) in [7, 11) is 1.85. The lowest BCUT2D eigenvalue weighted by molar-refractivity contribution is -0.127. The van der Waals surface area contributed by atoms with Gasteiger partial charge in [-0.3, -0.25) is 9.48 Å². The van der Waals surface area contributed by atoms with Crippen molar-refractivity contribution >= 4 is 11.6 Å². The maximum atomic E-state index is 12.6. The van der Waals surface area contributed by atoms with E-state index in [9.17, 15) is 4.79 Å². The van der Waals surface area contributed by atoms with Crippen LogP contribution in [0.4, 0.5) is 5.69 Å². The first-order valence-electron chi connectivity index (χ1n) is 6.98. The van der Waals surface area contributed by atoms with E-state index in [0.717, 1.165) is 37.1 Å². The van der Waals surface area contributed by atoms with E-state index in [0.29, 0.717) is 12.5 Å². The fourth-order valence-electron chi connectivity index (χ4n) is 2.82. The Morgan fingerprint density at radius 3 is 2.68 bits per heavy atom. The van der Waals surface area contributed by atoms with Gasteiger partial charge in [-0.2, -0.15) is 5.10 Å². The number of amides is 1. The zero-order valence-corrected chi connectivity index (χ0v) is 12.1. The number of carbonyl (C=O) groups is 1. The van der Waals surface area contributed by atoms with Gasteiger partial charge in [0.1, 0.15) is 0 Å². The van der Waals surface area contributed by atoms with Crippen LogP contribution in [0.3, 0.4) is 0 Å². The molecule has 0 saturated heterocycles. The number of nitrogens with zero attached hydrogens (tertiary/aromatic N) is 2. The molecule has 5 heteroatoms. The van der Waals surface area contributed by atoms with Gasteiger partial charge in [0.25, 0.3) is 0 Å². The molecule has 3 N–H and O–H groups in total. The number of hydrogen-bond acceptors (Lipinski definition) is 3. The SMILES string of the molecule is Cc1nn(C)cc1NC(=O)C1(CN)CCC(C)CC1. The predicted molar refractivity (Wildman–Crippen MR) is 75.7 cm³/mol. The van der Waals surface area contributed by atoms with Gasteiger partial charge in [-0.15, -0.1) is 0 Å². The molecule has 1 saturated carbocycles. The van der Waals surface area contributed by atoms with Crippen molar-refractivity contribution in [3.05, 3.63) is 11.9 Å². The average molecular weight is 264 g/mol. The molecule has 5 nitrogen and oxygen atoms in total. The quantitative estimate of drug-likeness (QED) is 0.874. The third-order valence-electron chi connectivity index (χ3n) is 4.37. The molecular weight excluding hydrogens is 240 g/mol. The highest BCUT2D eigenvalue weighted by atomic mass is 16.2. The third kappa shape index (κ3) is 2.81. The van der Waals surface area contributed by atoms with Crippen LogP contribution >= 0.6 is 0 Å². The summed E-state index contributed by atoms with van der Waals surface area (Å²) in [5.41, 5.74) is 7.14. The Morgan fingerprint density at radius 2 is 2.21 bits per heavy atom. The van der Waals surface area contributed by atoms with E-state index in [4.69, 9.17) is 5.73 Å². The molecule has 0 bridgehead atoms. The molecule has 19 heavy (non-hydrogen) atoms. The monoisotopic (exact) mass is 264 g/mol. The number of aromatic nitrogens is 2. The van der Waals surface area contributed by atoms with Crippen LogP contribution in [0.1, 0.15) is 38.3 Å². The van der Waals surface area contributed by atoms with Crippen LogP contribution in [0, 0.1) is 18.3 Å². The minimum absolute atomic E-state index is 0.0537. The lowest BCUT2D eigenvalue weighted by Crippen LogP contribution is -2.44. The second-order valence-corrected chi connectivity index (χ2v) is 5.92. The van der Waals surface area contributed by atoms with Crippen LogP contribution in [0.2, 0.25) is 0 Å². The van der Waals surface area contributed by atoms with Gasteiger partial charge in [-0.05, 0) is 38.5 Å². The molecule has 1 aliphatic rings. The molecular formula is C14H24N4O. The number of aryl methyl sites for hydroxylation is 2. The molecule has 1 amide bonds. The number of rotatable bonds is 3. The molecule has 1 heterocycles. The first kappa shape index (κ1) is 14.1. The van der Waals surface area contributed by atoms with Crippen LogP contribution in [0.5, 0.6) is 0 Å². The Bertz CT molecular complexity index is 458. The molecule has 0 aromatic carbocycles. The zero-order valence-electron chi connectivity index (χ0n) is 12.1. The Labute approximate surface area is 114 Å². The standard InChI is InChI=1S/C14H24N4O/c1-10-4-6-14(9-15,7-5-10)13(19)16-12-8-18(3)17-11(12)2/h8,10H,4-7,9,15H2,1-3H3,(H,16,19). The Hall–Kier alpha value is -1.36. The van der Waals surface area contributed by atoms with Crippen molar-refractivity contribution in [3.63, 3.8) is 0 Å². The van der Waals surface area contributed by atoms with E-state index >= 15 is 0 Å². The second kappa shape index (κ2) is 5.33. The van der Waals surface area contributed by atoms with Crippen molar-refractivity contribution in [2.75, 3.05) is 11.9 Å². The maximum absolute atomic E-state index is 12.6. The molecule has 1 aliphatic carbocycles. The van der Waals surface area contributed by atoms with E-state index in [1.807, 2.05) is 20.2 Å². The van der Waals surface area contributed by atoms with Gasteiger partial charge in [0, 0.05) is 19.8 Å². The van der Waals surface area contributed by atoms with Gasteiger partial charge in [-0.25, -0.2) is 0 Å². The summed E-state index contributed by atoms with van der Waals surface area (Å²) in [6.07, 6.45) is 5.77. The molecule has 0 radical (unpaired) electrons. The molecule has 1 aromatic rings. The molecule has 106 valence electrons. The van der Waals surface area contributed by atoms with Crippen molar-refractivity contribution < 1.29 is 4.79 Å². The lowest BCUT2D eigenvalue weighted by Gasteiger charge is -2.37. The van der Waals surface area contributed by atoms with E-state index in [1.54, 1.807) is 4.68 Å². The van der Waals surface area contributed by atoms with Crippen LogP contribution in [0.15, 0.2) is 6.20 Å². The van der Waals surface area contributed by atoms with Crippen molar-refractivity contribution in [1.82, 2.24) is 9.78 Å². The van der Waals surface area contributed by atoms with Gasteiger partial charge in [0.05, 0.1) is 16.8 Å². The van der Waals surface area contributed by atoms with E-state index < -0.39 is 5.41 Å². The number of anilines is 1. The lowest BCUT2D eigenvalue weighted by atomic mass is 9.70. The van der Waals surface area contributed by atoms with Gasteiger partial charge < -0.3 is 11.1 Å². The first-order valence-corrected chi connectivity index (χ1v) is 6.98. The average Bonchev–Trinajstić information content (AvgIpc) is 2.69. The maximum Gasteiger partial charge on any atom is 0.231 e. The van der Waals surface area contributed by atoms with Crippen LogP contribution in [-0.2, 0) is 11.8 Å². The van der Waals surface area contributed by atoms with Crippen molar-refractivity contribution in [3.8, 4) is 0 Å². The van der Waals surface area contributed by atoms with Crippen LogP contribution < -0.4 is 11.1 Å². The summed E-state index contributed by atoms with van der Waals surface area (Å²) in [6, 6.07) is 0. The van der Waals surface area contributed by atoms with Crippen LogP contribution in [0.25, 0.3) is 0 Å².